The van der Waals surface area contributed by atoms with E-state index >= 15 is 0 Å². The summed E-state index contributed by atoms with van der Waals surface area (Å²) in [5, 5.41) is 9.55. The third-order valence-electron chi connectivity index (χ3n) is 2.72. The van der Waals surface area contributed by atoms with Crippen LogP contribution in [0.2, 0.25) is 0 Å². The monoisotopic (exact) mass is 254 g/mol. The van der Waals surface area contributed by atoms with Gasteiger partial charge in [-0.15, -0.1) is 0 Å². The highest BCUT2D eigenvalue weighted by Gasteiger charge is 2.31. The molecule has 0 aliphatic heterocycles. The molecule has 0 bridgehead atoms. The molecule has 1 nitrogen and oxygen atoms in total. The Morgan fingerprint density at radius 2 is 1.24 bits per heavy atom. The van der Waals surface area contributed by atoms with Crippen LogP contribution in [0.5, 0.6) is 0 Å². The van der Waals surface area contributed by atoms with Crippen LogP contribution in [0.3, 0.4) is 0 Å². The molecule has 1 N–H and O–H groups in total. The third kappa shape index (κ3) is 2.26. The first-order valence-electron chi connectivity index (χ1n) is 5.02. The van der Waals surface area contributed by atoms with Crippen molar-refractivity contribution in [3.63, 3.8) is 0 Å². The molecule has 17 heavy (non-hydrogen) atoms. The van der Waals surface area contributed by atoms with Crippen molar-refractivity contribution >= 4 is 0 Å². The second-order valence-electron chi connectivity index (χ2n) is 3.81. The summed E-state index contributed by atoms with van der Waals surface area (Å²) in [5.41, 5.74) is -1.17. The van der Waals surface area contributed by atoms with Crippen LogP contribution < -0.4 is 0 Å². The lowest BCUT2D eigenvalue weighted by atomic mass is 9.94. The SMILES string of the molecule is CCC(C)C(O)c1c(F)c(F)c(F)c(F)c1F. The van der Waals surface area contributed by atoms with E-state index in [2.05, 4.69) is 0 Å². The van der Waals surface area contributed by atoms with Crippen LogP contribution in [0, 0.1) is 35.0 Å². The van der Waals surface area contributed by atoms with Crippen molar-refractivity contribution in [2.24, 2.45) is 5.92 Å². The molecule has 0 aliphatic carbocycles. The lowest BCUT2D eigenvalue weighted by Gasteiger charge is -2.19. The summed E-state index contributed by atoms with van der Waals surface area (Å²) < 4.78 is 65.0. The second-order valence-corrected chi connectivity index (χ2v) is 3.81. The molecule has 0 saturated carbocycles. The molecule has 2 atom stereocenters. The maximum atomic E-state index is 13.3. The largest absolute Gasteiger partial charge is 0.388 e. The first-order valence-corrected chi connectivity index (χ1v) is 5.02. The van der Waals surface area contributed by atoms with E-state index in [4.69, 9.17) is 0 Å². The van der Waals surface area contributed by atoms with Gasteiger partial charge in [0.2, 0.25) is 5.82 Å². The zero-order valence-electron chi connectivity index (χ0n) is 9.20. The highest BCUT2D eigenvalue weighted by atomic mass is 19.2. The second kappa shape index (κ2) is 5.00. The van der Waals surface area contributed by atoms with Crippen LogP contribution in [-0.2, 0) is 0 Å². The van der Waals surface area contributed by atoms with Crippen molar-refractivity contribution in [1.29, 1.82) is 0 Å². The normalized spacial score (nSPS) is 14.8. The van der Waals surface area contributed by atoms with E-state index < -0.39 is 46.7 Å². The zero-order chi connectivity index (χ0) is 13.3. The van der Waals surface area contributed by atoms with Gasteiger partial charge in [-0.2, -0.15) is 0 Å². The molecule has 0 spiro atoms. The van der Waals surface area contributed by atoms with Crippen molar-refractivity contribution in [3.8, 4) is 0 Å². The molecule has 1 aromatic rings. The fourth-order valence-corrected chi connectivity index (χ4v) is 1.39. The predicted octanol–water partition coefficient (Wildman–Crippen LogP) is 3.46. The Bertz CT molecular complexity index is 403. The highest BCUT2D eigenvalue weighted by Crippen LogP contribution is 2.32. The van der Waals surface area contributed by atoms with Crippen LogP contribution in [0.25, 0.3) is 0 Å². The predicted molar refractivity (Wildman–Crippen MR) is 50.6 cm³/mol. The maximum Gasteiger partial charge on any atom is 0.200 e. The molecule has 1 aromatic carbocycles. The molecule has 2 unspecified atom stereocenters. The van der Waals surface area contributed by atoms with Gasteiger partial charge in [0.25, 0.3) is 0 Å². The van der Waals surface area contributed by atoms with E-state index in [1.165, 1.54) is 6.92 Å². The van der Waals surface area contributed by atoms with E-state index in [1.54, 1.807) is 6.92 Å². The summed E-state index contributed by atoms with van der Waals surface area (Å²) in [6.45, 7) is 3.07. The van der Waals surface area contributed by atoms with Crippen molar-refractivity contribution in [2.75, 3.05) is 0 Å². The van der Waals surface area contributed by atoms with Gasteiger partial charge < -0.3 is 5.11 Å². The van der Waals surface area contributed by atoms with Crippen molar-refractivity contribution in [2.45, 2.75) is 26.4 Å². The fraction of sp³-hybridized carbons (Fsp3) is 0.455. The van der Waals surface area contributed by atoms with Gasteiger partial charge in [-0.05, 0) is 5.92 Å². The molecule has 0 radical (unpaired) electrons. The number of aliphatic hydroxyl groups excluding tert-OH is 1. The number of hydrogen-bond acceptors (Lipinski definition) is 1. The zero-order valence-corrected chi connectivity index (χ0v) is 9.20. The highest BCUT2D eigenvalue weighted by molar-refractivity contribution is 5.26. The summed E-state index contributed by atoms with van der Waals surface area (Å²) in [7, 11) is 0. The summed E-state index contributed by atoms with van der Waals surface area (Å²) in [6, 6.07) is 0. The van der Waals surface area contributed by atoms with Gasteiger partial charge in [-0.25, -0.2) is 22.0 Å². The van der Waals surface area contributed by atoms with E-state index in [0.29, 0.717) is 6.42 Å². The quantitative estimate of drug-likeness (QED) is 0.497. The average Bonchev–Trinajstić information content (AvgIpc) is 2.32. The summed E-state index contributed by atoms with van der Waals surface area (Å²) in [5.74, 6) is -10.9. The Morgan fingerprint density at radius 3 is 1.59 bits per heavy atom. The van der Waals surface area contributed by atoms with Crippen LogP contribution in [0.15, 0.2) is 0 Å². The fourth-order valence-electron chi connectivity index (χ4n) is 1.39. The van der Waals surface area contributed by atoms with Crippen molar-refractivity contribution in [1.82, 2.24) is 0 Å². The molecule has 0 aromatic heterocycles. The van der Waals surface area contributed by atoms with E-state index in [1.807, 2.05) is 0 Å². The standard InChI is InChI=1S/C11H11F5O/c1-3-4(2)11(17)5-6(12)8(14)10(16)9(15)7(5)13/h4,11,17H,3H2,1-2H3. The minimum Gasteiger partial charge on any atom is -0.388 e. The van der Waals surface area contributed by atoms with Crippen molar-refractivity contribution in [3.05, 3.63) is 34.6 Å². The molecular formula is C11H11F5O. The van der Waals surface area contributed by atoms with E-state index in [0.717, 1.165) is 0 Å². The minimum absolute atomic E-state index is 0.334. The van der Waals surface area contributed by atoms with Gasteiger partial charge in [0.15, 0.2) is 23.3 Å². The van der Waals surface area contributed by atoms with Gasteiger partial charge in [-0.1, -0.05) is 20.3 Å². The Morgan fingerprint density at radius 1 is 0.882 bits per heavy atom. The number of hydrogen-bond donors (Lipinski definition) is 1. The van der Waals surface area contributed by atoms with E-state index in [9.17, 15) is 27.1 Å². The lowest BCUT2D eigenvalue weighted by Crippen LogP contribution is -2.16. The third-order valence-corrected chi connectivity index (χ3v) is 2.72. The van der Waals surface area contributed by atoms with Crippen LogP contribution >= 0.6 is 0 Å². The van der Waals surface area contributed by atoms with Crippen LogP contribution in [0.1, 0.15) is 31.9 Å². The number of aliphatic hydroxyl groups is 1. The van der Waals surface area contributed by atoms with Crippen LogP contribution in [0.4, 0.5) is 22.0 Å². The Balaban J connectivity index is 3.44. The van der Waals surface area contributed by atoms with Crippen molar-refractivity contribution < 1.29 is 27.1 Å². The maximum absolute atomic E-state index is 13.3. The van der Waals surface area contributed by atoms with E-state index in [-0.39, 0.29) is 0 Å². The molecule has 96 valence electrons. The number of rotatable bonds is 3. The molecule has 0 saturated heterocycles. The Labute approximate surface area is 94.9 Å². The average molecular weight is 254 g/mol. The van der Waals surface area contributed by atoms with Gasteiger partial charge >= 0.3 is 0 Å². The van der Waals surface area contributed by atoms with Gasteiger partial charge in [0, 0.05) is 0 Å². The number of benzene rings is 1. The Kier molecular flexibility index (Phi) is 4.08. The molecule has 6 heteroatoms. The number of halogens is 5. The minimum atomic E-state index is -2.22. The summed E-state index contributed by atoms with van der Waals surface area (Å²) in [6.07, 6.45) is -1.40. The first kappa shape index (κ1) is 13.9. The molecule has 0 aliphatic rings. The van der Waals surface area contributed by atoms with Gasteiger partial charge in [-0.3, -0.25) is 0 Å². The molecular weight excluding hydrogens is 243 g/mol. The van der Waals surface area contributed by atoms with Crippen LogP contribution in [-0.4, -0.2) is 5.11 Å². The van der Waals surface area contributed by atoms with Gasteiger partial charge in [0.05, 0.1) is 11.7 Å². The molecule has 0 amide bonds. The molecule has 1 rings (SSSR count). The first-order chi connectivity index (χ1) is 7.82. The van der Waals surface area contributed by atoms with Gasteiger partial charge in [0.1, 0.15) is 0 Å². The molecule has 0 heterocycles. The molecule has 0 fully saturated rings. The summed E-state index contributed by atoms with van der Waals surface area (Å²) >= 11 is 0. The summed E-state index contributed by atoms with van der Waals surface area (Å²) in [4.78, 5) is 0. The smallest absolute Gasteiger partial charge is 0.200 e. The topological polar surface area (TPSA) is 20.2 Å². The lowest BCUT2D eigenvalue weighted by molar-refractivity contribution is 0.104. The Hall–Kier alpha value is -1.17.